The third-order valence-electron chi connectivity index (χ3n) is 5.80. The normalized spacial score (nSPS) is 18.4. The number of halogens is 3. The van der Waals surface area contributed by atoms with E-state index in [2.05, 4.69) is 10.2 Å². The molecule has 4 rings (SSSR count). The molecule has 1 amide bonds. The maximum atomic E-state index is 13.1. The van der Waals surface area contributed by atoms with E-state index < -0.39 is 5.92 Å². The molecule has 2 aromatic carbocycles. The second kappa shape index (κ2) is 7.15. The predicted octanol–water partition coefficient (Wildman–Crippen LogP) is 5.07. The monoisotopic (exact) mass is 388 g/mol. The first-order valence-corrected chi connectivity index (χ1v) is 9.60. The number of fused-ring (bicyclic) bond motifs is 1. The van der Waals surface area contributed by atoms with Gasteiger partial charge in [0.25, 0.3) is 0 Å². The molecule has 0 unspecified atom stereocenters. The molecule has 3 nitrogen and oxygen atoms in total. The van der Waals surface area contributed by atoms with Crippen molar-refractivity contribution < 1.29 is 18.0 Å². The minimum Gasteiger partial charge on any atom is -0.367 e. The van der Waals surface area contributed by atoms with E-state index in [1.54, 1.807) is 12.1 Å². The van der Waals surface area contributed by atoms with Crippen LogP contribution in [0.1, 0.15) is 36.0 Å². The number of anilines is 2. The smallest absolute Gasteiger partial charge is 0.248 e. The molecular weight excluding hydrogens is 365 g/mol. The fourth-order valence-corrected chi connectivity index (χ4v) is 4.24. The number of carbonyl (C=O) groups excluding carboxylic acids is 1. The Morgan fingerprint density at radius 2 is 1.89 bits per heavy atom. The molecule has 0 spiro atoms. The average molecular weight is 388 g/mol. The number of amides is 1. The standard InChI is InChI=1S/C22H23F3N2O/c1-14-19-8-9-27(18-5-3-17(23)4-6-18)13-16(19)2-7-20(14)26-21(28)10-15-11-22(24,25)12-15/h2-7,15H,8-13H2,1H3,(H,26,28). The number of nitrogens with zero attached hydrogens (tertiary/aromatic N) is 1. The first-order chi connectivity index (χ1) is 13.3. The Hall–Kier alpha value is -2.50. The number of nitrogens with one attached hydrogen (secondary N) is 1. The number of benzene rings is 2. The molecule has 0 saturated heterocycles. The highest BCUT2D eigenvalue weighted by Crippen LogP contribution is 2.44. The van der Waals surface area contributed by atoms with Gasteiger partial charge in [0.05, 0.1) is 0 Å². The Morgan fingerprint density at radius 3 is 2.57 bits per heavy atom. The zero-order valence-corrected chi connectivity index (χ0v) is 15.8. The third kappa shape index (κ3) is 3.86. The molecule has 1 heterocycles. The van der Waals surface area contributed by atoms with Crippen molar-refractivity contribution in [3.8, 4) is 0 Å². The molecule has 1 aliphatic heterocycles. The van der Waals surface area contributed by atoms with E-state index in [1.807, 2.05) is 19.1 Å². The van der Waals surface area contributed by atoms with E-state index in [0.29, 0.717) is 0 Å². The van der Waals surface area contributed by atoms with Crippen LogP contribution in [-0.4, -0.2) is 18.4 Å². The van der Waals surface area contributed by atoms with Crippen LogP contribution in [0.25, 0.3) is 0 Å². The van der Waals surface area contributed by atoms with E-state index in [4.69, 9.17) is 0 Å². The molecule has 0 radical (unpaired) electrons. The van der Waals surface area contributed by atoms with Gasteiger partial charge >= 0.3 is 0 Å². The SMILES string of the molecule is Cc1c(NC(=O)CC2CC(F)(F)C2)ccc2c1CCN(c1ccc(F)cc1)C2. The van der Waals surface area contributed by atoms with Crippen molar-refractivity contribution in [1.82, 2.24) is 0 Å². The van der Waals surface area contributed by atoms with Gasteiger partial charge in [0.1, 0.15) is 5.82 Å². The first kappa shape index (κ1) is 18.8. The number of hydrogen-bond donors (Lipinski definition) is 1. The summed E-state index contributed by atoms with van der Waals surface area (Å²) in [5.74, 6) is -3.27. The topological polar surface area (TPSA) is 32.3 Å². The van der Waals surface area contributed by atoms with Crippen molar-refractivity contribution in [2.24, 2.45) is 5.92 Å². The third-order valence-corrected chi connectivity index (χ3v) is 5.80. The summed E-state index contributed by atoms with van der Waals surface area (Å²) in [6.07, 6.45) is 0.590. The lowest BCUT2D eigenvalue weighted by atomic mass is 9.79. The Kier molecular flexibility index (Phi) is 4.81. The summed E-state index contributed by atoms with van der Waals surface area (Å²) in [5.41, 5.74) is 5.17. The number of hydrogen-bond acceptors (Lipinski definition) is 2. The minimum atomic E-state index is -2.59. The summed E-state index contributed by atoms with van der Waals surface area (Å²) in [6, 6.07) is 10.4. The maximum Gasteiger partial charge on any atom is 0.248 e. The maximum absolute atomic E-state index is 13.1. The van der Waals surface area contributed by atoms with E-state index in [0.717, 1.165) is 36.4 Å². The van der Waals surface area contributed by atoms with Crippen LogP contribution in [0, 0.1) is 18.7 Å². The summed E-state index contributed by atoms with van der Waals surface area (Å²) in [5, 5.41) is 2.90. The highest BCUT2D eigenvalue weighted by atomic mass is 19.3. The molecule has 1 fully saturated rings. The summed E-state index contributed by atoms with van der Waals surface area (Å²) in [4.78, 5) is 14.4. The van der Waals surface area contributed by atoms with E-state index in [9.17, 15) is 18.0 Å². The molecule has 2 aliphatic rings. The summed E-state index contributed by atoms with van der Waals surface area (Å²) < 4.78 is 39.0. The molecule has 6 heteroatoms. The van der Waals surface area contributed by atoms with Crippen molar-refractivity contribution in [1.29, 1.82) is 0 Å². The molecular formula is C22H23F3N2O. The fourth-order valence-electron chi connectivity index (χ4n) is 4.24. The molecule has 0 atom stereocenters. The second-order valence-electron chi connectivity index (χ2n) is 7.91. The van der Waals surface area contributed by atoms with Gasteiger partial charge in [-0.15, -0.1) is 0 Å². The molecule has 2 aromatic rings. The molecule has 1 aliphatic carbocycles. The minimum absolute atomic E-state index is 0.143. The van der Waals surface area contributed by atoms with E-state index in [1.165, 1.54) is 23.3 Å². The Labute approximate surface area is 162 Å². The van der Waals surface area contributed by atoms with Crippen LogP contribution in [0.3, 0.4) is 0 Å². The molecule has 28 heavy (non-hydrogen) atoms. The zero-order chi connectivity index (χ0) is 19.9. The van der Waals surface area contributed by atoms with Crippen molar-refractivity contribution in [2.75, 3.05) is 16.8 Å². The van der Waals surface area contributed by atoms with Gasteiger partial charge in [0, 0.05) is 43.7 Å². The zero-order valence-electron chi connectivity index (χ0n) is 15.8. The summed E-state index contributed by atoms with van der Waals surface area (Å²) in [6.45, 7) is 3.53. The van der Waals surface area contributed by atoms with Crippen molar-refractivity contribution >= 4 is 17.3 Å². The molecule has 0 aromatic heterocycles. The molecule has 0 bridgehead atoms. The van der Waals surface area contributed by atoms with Crippen molar-refractivity contribution in [3.05, 3.63) is 58.9 Å². The van der Waals surface area contributed by atoms with Gasteiger partial charge in [-0.2, -0.15) is 0 Å². The molecule has 1 N–H and O–H groups in total. The average Bonchev–Trinajstić information content (AvgIpc) is 2.63. The van der Waals surface area contributed by atoms with E-state index >= 15 is 0 Å². The quantitative estimate of drug-likeness (QED) is 0.793. The Bertz CT molecular complexity index is 887. The predicted molar refractivity (Wildman–Crippen MR) is 103 cm³/mol. The Morgan fingerprint density at radius 1 is 1.18 bits per heavy atom. The largest absolute Gasteiger partial charge is 0.367 e. The lowest BCUT2D eigenvalue weighted by Crippen LogP contribution is -2.37. The van der Waals surface area contributed by atoms with Crippen LogP contribution in [0.4, 0.5) is 24.5 Å². The number of alkyl halides is 2. The molecule has 1 saturated carbocycles. The van der Waals surface area contributed by atoms with Gasteiger partial charge in [-0.3, -0.25) is 4.79 Å². The first-order valence-electron chi connectivity index (χ1n) is 9.60. The molecule has 148 valence electrons. The summed E-state index contributed by atoms with van der Waals surface area (Å²) >= 11 is 0. The van der Waals surface area contributed by atoms with Crippen LogP contribution in [-0.2, 0) is 17.8 Å². The van der Waals surface area contributed by atoms with Crippen molar-refractivity contribution in [3.63, 3.8) is 0 Å². The van der Waals surface area contributed by atoms with E-state index in [-0.39, 0.29) is 36.9 Å². The van der Waals surface area contributed by atoms with Crippen molar-refractivity contribution in [2.45, 2.75) is 45.1 Å². The second-order valence-corrected chi connectivity index (χ2v) is 7.91. The van der Waals surface area contributed by atoms with Gasteiger partial charge in [0.2, 0.25) is 11.8 Å². The number of carbonyl (C=O) groups is 1. The summed E-state index contributed by atoms with van der Waals surface area (Å²) in [7, 11) is 0. The number of rotatable bonds is 4. The lowest BCUT2D eigenvalue weighted by molar-refractivity contribution is -0.129. The fraction of sp³-hybridized carbons (Fsp3) is 0.409. The van der Waals surface area contributed by atoms with Gasteiger partial charge in [-0.05, 0) is 66.3 Å². The van der Waals surface area contributed by atoms with Crippen LogP contribution in [0.15, 0.2) is 36.4 Å². The van der Waals surface area contributed by atoms with Crippen LogP contribution in [0.2, 0.25) is 0 Å². The highest BCUT2D eigenvalue weighted by molar-refractivity contribution is 5.92. The van der Waals surface area contributed by atoms with Crippen LogP contribution < -0.4 is 10.2 Å². The van der Waals surface area contributed by atoms with Gasteiger partial charge < -0.3 is 10.2 Å². The van der Waals surface area contributed by atoms with Crippen LogP contribution >= 0.6 is 0 Å². The Balaban J connectivity index is 1.42. The van der Waals surface area contributed by atoms with Gasteiger partial charge in [-0.25, -0.2) is 13.2 Å². The van der Waals surface area contributed by atoms with Crippen LogP contribution in [0.5, 0.6) is 0 Å². The highest BCUT2D eigenvalue weighted by Gasteiger charge is 2.45. The lowest BCUT2D eigenvalue weighted by Gasteiger charge is -2.34. The van der Waals surface area contributed by atoms with Gasteiger partial charge in [-0.1, -0.05) is 6.07 Å². The van der Waals surface area contributed by atoms with Gasteiger partial charge in [0.15, 0.2) is 0 Å².